The minimum atomic E-state index is 0.169. The van der Waals surface area contributed by atoms with Gasteiger partial charge in [0.05, 0.1) is 0 Å². The largest absolute Gasteiger partial charge is 0.0623 e. The van der Waals surface area contributed by atoms with Gasteiger partial charge in [0.15, 0.2) is 0 Å². The Labute approximate surface area is 97.0 Å². The molecule has 2 bridgehead atoms. The van der Waals surface area contributed by atoms with Gasteiger partial charge in [-0.2, -0.15) is 0 Å². The van der Waals surface area contributed by atoms with Gasteiger partial charge in [-0.1, -0.05) is 68.0 Å². The SMILES string of the molecule is CC1(C)C2=CC=CC=C(C2)c2ccccc21. The van der Waals surface area contributed by atoms with Crippen LogP contribution in [0.2, 0.25) is 0 Å². The highest BCUT2D eigenvalue weighted by Crippen LogP contribution is 2.46. The van der Waals surface area contributed by atoms with Gasteiger partial charge in [-0.05, 0) is 23.1 Å². The van der Waals surface area contributed by atoms with Crippen molar-refractivity contribution in [3.05, 3.63) is 65.3 Å². The van der Waals surface area contributed by atoms with Crippen LogP contribution in [0.1, 0.15) is 31.4 Å². The van der Waals surface area contributed by atoms with Crippen molar-refractivity contribution in [2.45, 2.75) is 25.7 Å². The molecule has 0 atom stereocenters. The molecule has 0 spiro atoms. The van der Waals surface area contributed by atoms with Gasteiger partial charge in [-0.15, -0.1) is 0 Å². The van der Waals surface area contributed by atoms with Crippen LogP contribution >= 0.6 is 0 Å². The summed E-state index contributed by atoms with van der Waals surface area (Å²) in [5.41, 5.74) is 6.03. The zero-order valence-electron chi connectivity index (χ0n) is 9.83. The molecule has 1 aromatic rings. The molecule has 1 aromatic carbocycles. The summed E-state index contributed by atoms with van der Waals surface area (Å²) in [5.74, 6) is 0. The zero-order valence-corrected chi connectivity index (χ0v) is 9.83. The Hall–Kier alpha value is -1.56. The van der Waals surface area contributed by atoms with Gasteiger partial charge < -0.3 is 0 Å². The molecule has 0 aliphatic heterocycles. The van der Waals surface area contributed by atoms with Crippen molar-refractivity contribution < 1.29 is 0 Å². The average Bonchev–Trinajstić information content (AvgIpc) is 2.52. The third-order valence-electron chi connectivity index (χ3n) is 3.84. The maximum Gasteiger partial charge on any atom is 0.0118 e. The second kappa shape index (κ2) is 3.21. The molecular formula is C16H16. The first-order valence-corrected chi connectivity index (χ1v) is 5.86. The molecule has 0 saturated carbocycles. The molecular weight excluding hydrogens is 192 g/mol. The van der Waals surface area contributed by atoms with E-state index in [1.54, 1.807) is 0 Å². The summed E-state index contributed by atoms with van der Waals surface area (Å²) >= 11 is 0. The van der Waals surface area contributed by atoms with Crippen LogP contribution in [-0.4, -0.2) is 0 Å². The quantitative estimate of drug-likeness (QED) is 0.598. The van der Waals surface area contributed by atoms with Crippen molar-refractivity contribution in [1.29, 1.82) is 0 Å². The average molecular weight is 208 g/mol. The van der Waals surface area contributed by atoms with Crippen LogP contribution in [0.4, 0.5) is 0 Å². The first-order valence-electron chi connectivity index (χ1n) is 5.86. The lowest BCUT2D eigenvalue weighted by Gasteiger charge is -2.36. The van der Waals surface area contributed by atoms with E-state index in [2.05, 4.69) is 62.4 Å². The molecule has 0 amide bonds. The van der Waals surface area contributed by atoms with Crippen LogP contribution in [0, 0.1) is 0 Å². The summed E-state index contributed by atoms with van der Waals surface area (Å²) in [5, 5.41) is 0. The molecule has 0 radical (unpaired) electrons. The second-order valence-electron chi connectivity index (χ2n) is 5.12. The van der Waals surface area contributed by atoms with E-state index < -0.39 is 0 Å². The van der Waals surface area contributed by atoms with E-state index in [0.717, 1.165) is 6.42 Å². The normalized spacial score (nSPS) is 20.6. The van der Waals surface area contributed by atoms with Crippen molar-refractivity contribution >= 4 is 5.57 Å². The molecule has 0 nitrogen and oxygen atoms in total. The van der Waals surface area contributed by atoms with Gasteiger partial charge >= 0.3 is 0 Å². The Morgan fingerprint density at radius 1 is 1.00 bits per heavy atom. The van der Waals surface area contributed by atoms with Gasteiger partial charge in [0, 0.05) is 5.41 Å². The van der Waals surface area contributed by atoms with Gasteiger partial charge in [-0.25, -0.2) is 0 Å². The molecule has 0 fully saturated rings. The fourth-order valence-corrected chi connectivity index (χ4v) is 2.76. The standard InChI is InChI=1S/C16H16/c1-16(2)13-8-4-3-7-12(11-13)14-9-5-6-10-15(14)16/h3-10H,11H2,1-2H3. The monoisotopic (exact) mass is 208 g/mol. The fourth-order valence-electron chi connectivity index (χ4n) is 2.76. The van der Waals surface area contributed by atoms with Crippen LogP contribution in [0.3, 0.4) is 0 Å². The molecule has 16 heavy (non-hydrogen) atoms. The Bertz CT molecular complexity index is 525. The van der Waals surface area contributed by atoms with E-state index in [4.69, 9.17) is 0 Å². The highest BCUT2D eigenvalue weighted by molar-refractivity contribution is 5.77. The van der Waals surface area contributed by atoms with E-state index in [0.29, 0.717) is 0 Å². The van der Waals surface area contributed by atoms with Crippen molar-refractivity contribution in [3.63, 3.8) is 0 Å². The first-order chi connectivity index (χ1) is 7.69. The highest BCUT2D eigenvalue weighted by atomic mass is 14.4. The van der Waals surface area contributed by atoms with Crippen LogP contribution in [-0.2, 0) is 5.41 Å². The van der Waals surface area contributed by atoms with E-state index in [-0.39, 0.29) is 5.41 Å². The van der Waals surface area contributed by atoms with Crippen LogP contribution in [0.15, 0.2) is 54.1 Å². The van der Waals surface area contributed by atoms with Crippen molar-refractivity contribution in [1.82, 2.24) is 0 Å². The molecule has 0 aromatic heterocycles. The molecule has 2 aliphatic rings. The third kappa shape index (κ3) is 1.23. The summed E-state index contributed by atoms with van der Waals surface area (Å²) in [6.45, 7) is 4.65. The molecule has 0 heterocycles. The second-order valence-corrected chi connectivity index (χ2v) is 5.12. The lowest BCUT2D eigenvalue weighted by atomic mass is 9.68. The van der Waals surface area contributed by atoms with Gasteiger partial charge in [-0.3, -0.25) is 0 Å². The number of fused-ring (bicyclic) bond motifs is 4. The van der Waals surface area contributed by atoms with Crippen molar-refractivity contribution in [2.24, 2.45) is 0 Å². The minimum absolute atomic E-state index is 0.169. The maximum atomic E-state index is 2.33. The third-order valence-corrected chi connectivity index (χ3v) is 3.84. The predicted octanol–water partition coefficient (Wildman–Crippen LogP) is 4.25. The lowest BCUT2D eigenvalue weighted by Crippen LogP contribution is -2.26. The molecule has 80 valence electrons. The van der Waals surface area contributed by atoms with Gasteiger partial charge in [0.2, 0.25) is 0 Å². The number of hydrogen-bond donors (Lipinski definition) is 0. The summed E-state index contributed by atoms with van der Waals surface area (Å²) < 4.78 is 0. The summed E-state index contributed by atoms with van der Waals surface area (Å²) in [6.07, 6.45) is 9.94. The Balaban J connectivity index is 2.34. The molecule has 0 unspecified atom stereocenters. The zero-order chi connectivity index (χ0) is 11.2. The number of allylic oxidation sites excluding steroid dienone is 6. The maximum absolute atomic E-state index is 2.33. The van der Waals surface area contributed by atoms with Crippen LogP contribution in [0.5, 0.6) is 0 Å². The first kappa shape index (κ1) is 9.65. The summed E-state index contributed by atoms with van der Waals surface area (Å²) in [6, 6.07) is 8.80. The minimum Gasteiger partial charge on any atom is -0.0623 e. The molecule has 0 N–H and O–H groups in total. The molecule has 3 rings (SSSR count). The summed E-state index contributed by atoms with van der Waals surface area (Å²) in [7, 11) is 0. The van der Waals surface area contributed by atoms with Crippen LogP contribution in [0.25, 0.3) is 5.57 Å². The Morgan fingerprint density at radius 2 is 1.75 bits per heavy atom. The molecule has 2 aliphatic carbocycles. The molecule has 0 saturated heterocycles. The lowest BCUT2D eigenvalue weighted by molar-refractivity contribution is 0.598. The Morgan fingerprint density at radius 3 is 2.62 bits per heavy atom. The fraction of sp³-hybridized carbons (Fsp3) is 0.250. The van der Waals surface area contributed by atoms with E-state index in [9.17, 15) is 0 Å². The smallest absolute Gasteiger partial charge is 0.0118 e. The van der Waals surface area contributed by atoms with Gasteiger partial charge in [0.25, 0.3) is 0 Å². The topological polar surface area (TPSA) is 0 Å². The predicted molar refractivity (Wildman–Crippen MR) is 69.3 cm³/mol. The van der Waals surface area contributed by atoms with E-state index in [1.165, 1.54) is 22.3 Å². The summed E-state index contributed by atoms with van der Waals surface area (Å²) in [4.78, 5) is 0. The van der Waals surface area contributed by atoms with Crippen molar-refractivity contribution in [3.8, 4) is 0 Å². The van der Waals surface area contributed by atoms with Gasteiger partial charge in [0.1, 0.15) is 0 Å². The highest BCUT2D eigenvalue weighted by Gasteiger charge is 2.33. The number of benzene rings is 1. The Kier molecular flexibility index (Phi) is 1.94. The number of hydrogen-bond acceptors (Lipinski definition) is 0. The van der Waals surface area contributed by atoms with Crippen LogP contribution < -0.4 is 0 Å². The molecule has 0 heteroatoms. The van der Waals surface area contributed by atoms with Crippen molar-refractivity contribution in [2.75, 3.05) is 0 Å². The van der Waals surface area contributed by atoms with E-state index in [1.807, 2.05) is 0 Å². The number of rotatable bonds is 0. The van der Waals surface area contributed by atoms with E-state index >= 15 is 0 Å².